The lowest BCUT2D eigenvalue weighted by molar-refractivity contribution is -0.152. The molecule has 0 spiro atoms. The monoisotopic (exact) mass is 332 g/mol. The summed E-state index contributed by atoms with van der Waals surface area (Å²) in [5, 5.41) is 10.3. The molecule has 0 aliphatic carbocycles. The summed E-state index contributed by atoms with van der Waals surface area (Å²) in [5.74, 6) is -1.76. The summed E-state index contributed by atoms with van der Waals surface area (Å²) in [4.78, 5) is 11.8. The Kier molecular flexibility index (Phi) is 6.45. The normalized spacial score (nSPS) is 13.9. The maximum atomic E-state index is 13.7. The fourth-order valence-electron chi connectivity index (χ4n) is 1.92. The molecule has 0 bridgehead atoms. The smallest absolute Gasteiger partial charge is 0.311 e. The van der Waals surface area contributed by atoms with E-state index in [-0.39, 0.29) is 12.2 Å². The van der Waals surface area contributed by atoms with Gasteiger partial charge in [0.25, 0.3) is 0 Å². The fraction of sp³-hybridized carbons (Fsp3) is 0.500. The Morgan fingerprint density at radius 1 is 1.47 bits per heavy atom. The third kappa shape index (κ3) is 4.28. The van der Waals surface area contributed by atoms with Gasteiger partial charge in [-0.1, -0.05) is 29.3 Å². The van der Waals surface area contributed by atoms with E-state index in [0.29, 0.717) is 17.3 Å². The molecular weight excluding hydrogens is 315 g/mol. The van der Waals surface area contributed by atoms with Gasteiger partial charge in [-0.05, 0) is 31.5 Å². The molecule has 1 rings (SSSR count). The number of aliphatic hydroxyl groups excluding tert-OH is 1. The first kappa shape index (κ1) is 16.1. The van der Waals surface area contributed by atoms with Crippen molar-refractivity contribution in [2.45, 2.75) is 32.8 Å². The average molecular weight is 333 g/mol. The van der Waals surface area contributed by atoms with E-state index in [1.165, 1.54) is 12.1 Å². The maximum Gasteiger partial charge on any atom is 0.311 e. The molecule has 0 saturated carbocycles. The van der Waals surface area contributed by atoms with Crippen molar-refractivity contribution in [1.82, 2.24) is 0 Å². The van der Waals surface area contributed by atoms with Gasteiger partial charge in [0.2, 0.25) is 0 Å². The fourth-order valence-corrected chi connectivity index (χ4v) is 2.30. The Bertz CT molecular complexity index is 437. The van der Waals surface area contributed by atoms with E-state index >= 15 is 0 Å². The van der Waals surface area contributed by atoms with Crippen LogP contribution in [0.4, 0.5) is 4.39 Å². The van der Waals surface area contributed by atoms with Gasteiger partial charge in [0.15, 0.2) is 0 Å². The molecule has 0 saturated heterocycles. The number of hydrogen-bond acceptors (Lipinski definition) is 3. The van der Waals surface area contributed by atoms with Crippen molar-refractivity contribution >= 4 is 21.9 Å². The number of carbonyl (C=O) groups is 1. The number of halogens is 2. The number of aliphatic hydroxyl groups is 1. The third-order valence-corrected chi connectivity index (χ3v) is 3.34. The molecular formula is C14H18BrFO3. The van der Waals surface area contributed by atoms with Crippen molar-refractivity contribution in [2.75, 3.05) is 6.61 Å². The van der Waals surface area contributed by atoms with Crippen LogP contribution in [0.1, 0.15) is 38.4 Å². The van der Waals surface area contributed by atoms with Crippen LogP contribution in [-0.2, 0) is 9.53 Å². The van der Waals surface area contributed by atoms with Crippen LogP contribution in [0.25, 0.3) is 0 Å². The summed E-state index contributed by atoms with van der Waals surface area (Å²) in [7, 11) is 0. The van der Waals surface area contributed by atoms with Crippen molar-refractivity contribution in [2.24, 2.45) is 5.92 Å². The van der Waals surface area contributed by atoms with Crippen molar-refractivity contribution < 1.29 is 19.0 Å². The number of carbonyl (C=O) groups excluding carboxylic acids is 1. The molecule has 19 heavy (non-hydrogen) atoms. The van der Waals surface area contributed by atoms with E-state index in [2.05, 4.69) is 15.9 Å². The van der Waals surface area contributed by atoms with E-state index in [1.54, 1.807) is 13.0 Å². The van der Waals surface area contributed by atoms with Crippen LogP contribution in [0.5, 0.6) is 0 Å². The van der Waals surface area contributed by atoms with E-state index in [4.69, 9.17) is 4.74 Å². The minimum absolute atomic E-state index is 0.112. The van der Waals surface area contributed by atoms with Gasteiger partial charge in [0, 0.05) is 10.0 Å². The second-order valence-electron chi connectivity index (χ2n) is 4.26. The summed E-state index contributed by atoms with van der Waals surface area (Å²) in [6, 6.07) is 4.30. The highest BCUT2D eigenvalue weighted by atomic mass is 79.9. The van der Waals surface area contributed by atoms with Gasteiger partial charge in [0.05, 0.1) is 18.6 Å². The Hall–Kier alpha value is -0.940. The van der Waals surface area contributed by atoms with Crippen LogP contribution >= 0.6 is 15.9 Å². The number of hydrogen-bond donors (Lipinski definition) is 1. The van der Waals surface area contributed by atoms with E-state index in [1.807, 2.05) is 6.92 Å². The zero-order valence-corrected chi connectivity index (χ0v) is 12.6. The summed E-state index contributed by atoms with van der Waals surface area (Å²) in [5.41, 5.74) is 0.112. The third-order valence-electron chi connectivity index (χ3n) is 2.85. The van der Waals surface area contributed by atoms with Gasteiger partial charge in [-0.2, -0.15) is 0 Å². The van der Waals surface area contributed by atoms with Crippen LogP contribution in [-0.4, -0.2) is 17.7 Å². The standard InChI is InChI=1S/C14H18BrFO3/c1-3-5-10(14(18)19-4-2)13(17)11-8-9(15)6-7-12(11)16/h6-8,10,13,17H,3-5H2,1-2H3. The van der Waals surface area contributed by atoms with Gasteiger partial charge in [-0.15, -0.1) is 0 Å². The molecule has 0 radical (unpaired) electrons. The van der Waals surface area contributed by atoms with Crippen molar-refractivity contribution in [1.29, 1.82) is 0 Å². The molecule has 0 aliphatic heterocycles. The van der Waals surface area contributed by atoms with Crippen LogP contribution in [0.2, 0.25) is 0 Å². The zero-order chi connectivity index (χ0) is 14.4. The first-order chi connectivity index (χ1) is 9.01. The summed E-state index contributed by atoms with van der Waals surface area (Å²) >= 11 is 3.23. The molecule has 0 heterocycles. The number of ether oxygens (including phenoxy) is 1. The highest BCUT2D eigenvalue weighted by Gasteiger charge is 2.30. The molecule has 1 aromatic carbocycles. The second kappa shape index (κ2) is 7.60. The van der Waals surface area contributed by atoms with Crippen LogP contribution in [0, 0.1) is 11.7 Å². The van der Waals surface area contributed by atoms with Crippen LogP contribution < -0.4 is 0 Å². The Morgan fingerprint density at radius 3 is 2.74 bits per heavy atom. The molecule has 2 unspecified atom stereocenters. The molecule has 5 heteroatoms. The SMILES string of the molecule is CCCC(C(=O)OCC)C(O)c1cc(Br)ccc1F. The number of benzene rings is 1. The van der Waals surface area contributed by atoms with E-state index in [9.17, 15) is 14.3 Å². The van der Waals surface area contributed by atoms with Gasteiger partial charge < -0.3 is 9.84 Å². The largest absolute Gasteiger partial charge is 0.466 e. The first-order valence-corrected chi connectivity index (χ1v) is 7.10. The summed E-state index contributed by atoms with van der Waals surface area (Å²) < 4.78 is 19.3. The van der Waals surface area contributed by atoms with Crippen molar-refractivity contribution in [3.8, 4) is 0 Å². The molecule has 3 nitrogen and oxygen atoms in total. The van der Waals surface area contributed by atoms with E-state index in [0.717, 1.165) is 0 Å². The Labute approximate surface area is 120 Å². The molecule has 106 valence electrons. The van der Waals surface area contributed by atoms with E-state index < -0.39 is 23.8 Å². The summed E-state index contributed by atoms with van der Waals surface area (Å²) in [6.45, 7) is 3.84. The predicted octanol–water partition coefficient (Wildman–Crippen LogP) is 3.60. The number of rotatable bonds is 6. The highest BCUT2D eigenvalue weighted by Crippen LogP contribution is 2.30. The predicted molar refractivity (Wildman–Crippen MR) is 74.1 cm³/mol. The second-order valence-corrected chi connectivity index (χ2v) is 5.17. The topological polar surface area (TPSA) is 46.5 Å². The minimum Gasteiger partial charge on any atom is -0.466 e. The van der Waals surface area contributed by atoms with Crippen molar-refractivity contribution in [3.63, 3.8) is 0 Å². The molecule has 0 aliphatic rings. The molecule has 1 N–H and O–H groups in total. The zero-order valence-electron chi connectivity index (χ0n) is 11.0. The molecule has 2 atom stereocenters. The average Bonchev–Trinajstić information content (AvgIpc) is 2.38. The van der Waals surface area contributed by atoms with Gasteiger partial charge >= 0.3 is 5.97 Å². The molecule has 0 fully saturated rings. The van der Waals surface area contributed by atoms with Gasteiger partial charge in [0.1, 0.15) is 5.82 Å². The Morgan fingerprint density at radius 2 is 2.16 bits per heavy atom. The maximum absolute atomic E-state index is 13.7. The van der Waals surface area contributed by atoms with Crippen LogP contribution in [0.3, 0.4) is 0 Å². The minimum atomic E-state index is -1.20. The van der Waals surface area contributed by atoms with Crippen LogP contribution in [0.15, 0.2) is 22.7 Å². The lowest BCUT2D eigenvalue weighted by atomic mass is 9.91. The summed E-state index contributed by atoms with van der Waals surface area (Å²) in [6.07, 6.45) is -0.0428. The Balaban J connectivity index is 3.01. The molecule has 0 aromatic heterocycles. The van der Waals surface area contributed by atoms with Gasteiger partial charge in [-0.25, -0.2) is 4.39 Å². The number of esters is 1. The van der Waals surface area contributed by atoms with Gasteiger partial charge in [-0.3, -0.25) is 4.79 Å². The lowest BCUT2D eigenvalue weighted by Crippen LogP contribution is -2.25. The highest BCUT2D eigenvalue weighted by molar-refractivity contribution is 9.10. The molecule has 0 amide bonds. The molecule has 1 aromatic rings. The quantitative estimate of drug-likeness (QED) is 0.809. The lowest BCUT2D eigenvalue weighted by Gasteiger charge is -2.21. The van der Waals surface area contributed by atoms with Crippen molar-refractivity contribution in [3.05, 3.63) is 34.1 Å². The first-order valence-electron chi connectivity index (χ1n) is 6.30.